The average Bonchev–Trinajstić information content (AvgIpc) is 2.51. The molecule has 0 radical (unpaired) electrons. The summed E-state index contributed by atoms with van der Waals surface area (Å²) in [7, 11) is 0. The van der Waals surface area contributed by atoms with Gasteiger partial charge in [-0.1, -0.05) is 96.1 Å². The minimum atomic E-state index is 1.00. The maximum absolute atomic E-state index is 9.06. The summed E-state index contributed by atoms with van der Waals surface area (Å²) in [6.07, 6.45) is 20.6. The van der Waals surface area contributed by atoms with Gasteiger partial charge in [-0.05, 0) is 25.7 Å². The molecule has 0 unspecified atom stereocenters. The van der Waals surface area contributed by atoms with Gasteiger partial charge in [0.05, 0.1) is 5.71 Å². The Balaban J connectivity index is 3.34. The summed E-state index contributed by atoms with van der Waals surface area (Å²) in [4.78, 5) is 0. The second-order valence-electron chi connectivity index (χ2n) is 6.41. The van der Waals surface area contributed by atoms with Gasteiger partial charge in [-0.3, -0.25) is 0 Å². The van der Waals surface area contributed by atoms with E-state index in [4.69, 9.17) is 5.21 Å². The minimum absolute atomic E-state index is 1.00. The minimum Gasteiger partial charge on any atom is -0.411 e. The van der Waals surface area contributed by atoms with E-state index in [0.717, 1.165) is 18.6 Å². The molecule has 0 aromatic heterocycles. The summed E-state index contributed by atoms with van der Waals surface area (Å²) < 4.78 is 0. The van der Waals surface area contributed by atoms with Crippen molar-refractivity contribution in [2.45, 2.75) is 117 Å². The van der Waals surface area contributed by atoms with Gasteiger partial charge in [-0.25, -0.2) is 0 Å². The molecule has 0 aliphatic heterocycles. The van der Waals surface area contributed by atoms with Crippen LogP contribution in [0, 0.1) is 0 Å². The largest absolute Gasteiger partial charge is 0.411 e. The van der Waals surface area contributed by atoms with E-state index in [1.54, 1.807) is 0 Å². The number of oxime groups is 1. The van der Waals surface area contributed by atoms with E-state index in [0.29, 0.717) is 0 Å². The zero-order valence-electron chi connectivity index (χ0n) is 14.7. The van der Waals surface area contributed by atoms with E-state index in [1.807, 2.05) is 0 Å². The van der Waals surface area contributed by atoms with Crippen LogP contribution in [0.3, 0.4) is 0 Å². The lowest BCUT2D eigenvalue weighted by Gasteiger charge is -2.05. The van der Waals surface area contributed by atoms with Gasteiger partial charge in [-0.2, -0.15) is 0 Å². The van der Waals surface area contributed by atoms with Crippen molar-refractivity contribution in [3.05, 3.63) is 0 Å². The molecule has 0 amide bonds. The zero-order valence-corrected chi connectivity index (χ0v) is 14.7. The molecule has 0 fully saturated rings. The number of nitrogens with zero attached hydrogens (tertiary/aromatic N) is 1. The highest BCUT2D eigenvalue weighted by Crippen LogP contribution is 2.13. The highest BCUT2D eigenvalue weighted by molar-refractivity contribution is 5.83. The molecule has 0 spiro atoms. The third-order valence-electron chi connectivity index (χ3n) is 4.28. The number of hydrogen-bond acceptors (Lipinski definition) is 2. The lowest BCUT2D eigenvalue weighted by atomic mass is 10.0. The summed E-state index contributed by atoms with van der Waals surface area (Å²) in [5.41, 5.74) is 1.03. The lowest BCUT2D eigenvalue weighted by Crippen LogP contribution is -1.99. The van der Waals surface area contributed by atoms with Gasteiger partial charge in [0.25, 0.3) is 0 Å². The predicted molar refractivity (Wildman–Crippen MR) is 94.4 cm³/mol. The molecule has 0 bridgehead atoms. The van der Waals surface area contributed by atoms with Crippen LogP contribution in [0.5, 0.6) is 0 Å². The van der Waals surface area contributed by atoms with Crippen LogP contribution in [0.2, 0.25) is 0 Å². The molecule has 2 heteroatoms. The first kappa shape index (κ1) is 20.5. The first-order chi connectivity index (χ1) is 10.3. The Hall–Kier alpha value is -0.530. The molecular weight excluding hydrogens is 258 g/mol. The number of rotatable bonds is 16. The molecule has 0 aliphatic rings. The van der Waals surface area contributed by atoms with Crippen molar-refractivity contribution in [3.63, 3.8) is 0 Å². The van der Waals surface area contributed by atoms with Crippen LogP contribution in [0.15, 0.2) is 5.16 Å². The molecule has 0 aromatic rings. The zero-order chi connectivity index (χ0) is 15.6. The van der Waals surface area contributed by atoms with Gasteiger partial charge >= 0.3 is 0 Å². The molecule has 0 saturated carbocycles. The molecule has 0 heterocycles. The van der Waals surface area contributed by atoms with E-state index in [-0.39, 0.29) is 0 Å². The number of unbranched alkanes of at least 4 members (excludes halogenated alkanes) is 12. The van der Waals surface area contributed by atoms with Crippen LogP contribution in [0.4, 0.5) is 0 Å². The summed E-state index contributed by atoms with van der Waals surface area (Å²) in [5.74, 6) is 0. The Kier molecular flexibility index (Phi) is 17.1. The van der Waals surface area contributed by atoms with Crippen LogP contribution in [0.1, 0.15) is 117 Å². The third kappa shape index (κ3) is 15.7. The fourth-order valence-electron chi connectivity index (χ4n) is 2.80. The Bertz CT molecular complexity index is 206. The van der Waals surface area contributed by atoms with Crippen molar-refractivity contribution in [2.75, 3.05) is 0 Å². The van der Waals surface area contributed by atoms with Gasteiger partial charge in [0.1, 0.15) is 0 Å². The van der Waals surface area contributed by atoms with E-state index in [9.17, 15) is 0 Å². The van der Waals surface area contributed by atoms with Gasteiger partial charge in [0.2, 0.25) is 0 Å². The molecule has 0 rings (SSSR count). The molecule has 126 valence electrons. The normalized spacial score (nSPS) is 10.8. The average molecular weight is 298 g/mol. The van der Waals surface area contributed by atoms with E-state index in [1.165, 1.54) is 89.9 Å². The second-order valence-corrected chi connectivity index (χ2v) is 6.41. The fourth-order valence-corrected chi connectivity index (χ4v) is 2.80. The van der Waals surface area contributed by atoms with Gasteiger partial charge < -0.3 is 5.21 Å². The SMILES string of the molecule is CCCCCCCCCC(CCCCCCCCC)=NO. The molecule has 0 aliphatic carbocycles. The Morgan fingerprint density at radius 3 is 1.24 bits per heavy atom. The van der Waals surface area contributed by atoms with Crippen molar-refractivity contribution in [1.29, 1.82) is 0 Å². The van der Waals surface area contributed by atoms with Gasteiger partial charge in [-0.15, -0.1) is 0 Å². The molecule has 21 heavy (non-hydrogen) atoms. The van der Waals surface area contributed by atoms with Crippen LogP contribution >= 0.6 is 0 Å². The van der Waals surface area contributed by atoms with Crippen molar-refractivity contribution in [2.24, 2.45) is 5.16 Å². The van der Waals surface area contributed by atoms with Crippen molar-refractivity contribution < 1.29 is 5.21 Å². The second kappa shape index (κ2) is 17.5. The lowest BCUT2D eigenvalue weighted by molar-refractivity contribution is 0.315. The standard InChI is InChI=1S/C19H39NO/c1-3-5-7-9-11-13-15-17-19(20-21)18-16-14-12-10-8-6-4-2/h21H,3-18H2,1-2H3. The van der Waals surface area contributed by atoms with E-state index in [2.05, 4.69) is 19.0 Å². The predicted octanol–water partition coefficient (Wildman–Crippen LogP) is 7.10. The molecule has 2 nitrogen and oxygen atoms in total. The molecular formula is C19H39NO. The molecule has 0 saturated heterocycles. The number of hydrogen-bond donors (Lipinski definition) is 1. The first-order valence-electron chi connectivity index (χ1n) is 9.54. The maximum atomic E-state index is 9.06. The van der Waals surface area contributed by atoms with Crippen LogP contribution in [-0.4, -0.2) is 10.9 Å². The fraction of sp³-hybridized carbons (Fsp3) is 0.947. The highest BCUT2D eigenvalue weighted by Gasteiger charge is 2.01. The molecule has 1 N–H and O–H groups in total. The summed E-state index contributed by atoms with van der Waals surface area (Å²) >= 11 is 0. The van der Waals surface area contributed by atoms with Crippen LogP contribution in [-0.2, 0) is 0 Å². The highest BCUT2D eigenvalue weighted by atomic mass is 16.4. The summed E-state index contributed by atoms with van der Waals surface area (Å²) in [6.45, 7) is 4.52. The monoisotopic (exact) mass is 297 g/mol. The molecule has 0 atom stereocenters. The Morgan fingerprint density at radius 1 is 0.571 bits per heavy atom. The summed E-state index contributed by atoms with van der Waals surface area (Å²) in [5, 5.41) is 12.6. The molecule has 0 aromatic carbocycles. The third-order valence-corrected chi connectivity index (χ3v) is 4.28. The topological polar surface area (TPSA) is 32.6 Å². The van der Waals surface area contributed by atoms with Gasteiger partial charge in [0, 0.05) is 0 Å². The Labute approximate surface area is 133 Å². The van der Waals surface area contributed by atoms with Crippen molar-refractivity contribution >= 4 is 5.71 Å². The van der Waals surface area contributed by atoms with Gasteiger partial charge in [0.15, 0.2) is 0 Å². The smallest absolute Gasteiger partial charge is 0.0570 e. The van der Waals surface area contributed by atoms with Crippen LogP contribution < -0.4 is 0 Å². The quantitative estimate of drug-likeness (QED) is 0.140. The van der Waals surface area contributed by atoms with Crippen molar-refractivity contribution in [1.82, 2.24) is 0 Å². The van der Waals surface area contributed by atoms with E-state index >= 15 is 0 Å². The van der Waals surface area contributed by atoms with Crippen molar-refractivity contribution in [3.8, 4) is 0 Å². The van der Waals surface area contributed by atoms with E-state index < -0.39 is 0 Å². The summed E-state index contributed by atoms with van der Waals surface area (Å²) in [6, 6.07) is 0. The first-order valence-corrected chi connectivity index (χ1v) is 9.54. The Morgan fingerprint density at radius 2 is 0.905 bits per heavy atom. The van der Waals surface area contributed by atoms with Crippen LogP contribution in [0.25, 0.3) is 0 Å². The maximum Gasteiger partial charge on any atom is 0.0570 e.